The predicted octanol–water partition coefficient (Wildman–Crippen LogP) is 3.17. The molecule has 0 unspecified atom stereocenters. The molecule has 3 rings (SSSR count). The number of carbonyl (C=O) groups is 1. The van der Waals surface area contributed by atoms with Gasteiger partial charge < -0.3 is 10.2 Å². The Labute approximate surface area is 152 Å². The molecule has 7 heteroatoms. The Kier molecular flexibility index (Phi) is 4.98. The molecule has 1 N–H and O–H groups in total. The molecule has 0 saturated carbocycles. The number of carbonyl (C=O) groups excluding carboxylic acids is 1. The van der Waals surface area contributed by atoms with Gasteiger partial charge in [0.1, 0.15) is 0 Å². The van der Waals surface area contributed by atoms with Crippen molar-refractivity contribution in [1.29, 1.82) is 0 Å². The number of aromatic nitrogens is 2. The molecule has 0 radical (unpaired) electrons. The number of hydrogen-bond donors (Lipinski definition) is 1. The van der Waals surface area contributed by atoms with Crippen molar-refractivity contribution in [3.8, 4) is 0 Å². The molecular formula is C19H24F2N4O. The zero-order valence-corrected chi connectivity index (χ0v) is 15.3. The summed E-state index contributed by atoms with van der Waals surface area (Å²) < 4.78 is 28.2. The number of anilines is 1. The first-order valence-corrected chi connectivity index (χ1v) is 8.77. The zero-order chi connectivity index (χ0) is 18.9. The van der Waals surface area contributed by atoms with E-state index in [1.165, 1.54) is 6.07 Å². The Morgan fingerprint density at radius 2 is 2.08 bits per heavy atom. The summed E-state index contributed by atoms with van der Waals surface area (Å²) in [5.41, 5.74) is 1.04. The van der Waals surface area contributed by atoms with Crippen molar-refractivity contribution >= 4 is 11.6 Å². The van der Waals surface area contributed by atoms with Gasteiger partial charge in [-0.3, -0.25) is 9.48 Å². The third kappa shape index (κ3) is 4.03. The molecule has 1 fully saturated rings. The first-order valence-electron chi connectivity index (χ1n) is 8.77. The number of hydrogen-bond acceptors (Lipinski definition) is 3. The van der Waals surface area contributed by atoms with E-state index in [1.807, 2.05) is 25.7 Å². The largest absolute Gasteiger partial charge is 0.371 e. The van der Waals surface area contributed by atoms with Crippen LogP contribution in [0.2, 0.25) is 0 Å². The minimum atomic E-state index is -0.840. The lowest BCUT2D eigenvalue weighted by Crippen LogP contribution is -2.31. The maximum atomic E-state index is 13.4. The molecule has 1 aliphatic heterocycles. The molecule has 2 heterocycles. The van der Waals surface area contributed by atoms with E-state index in [0.717, 1.165) is 19.0 Å². The number of halogens is 2. The summed E-state index contributed by atoms with van der Waals surface area (Å²) in [5, 5.41) is 7.18. The van der Waals surface area contributed by atoms with Gasteiger partial charge in [-0.25, -0.2) is 8.78 Å². The van der Waals surface area contributed by atoms with Gasteiger partial charge >= 0.3 is 0 Å². The van der Waals surface area contributed by atoms with Crippen LogP contribution < -0.4 is 10.2 Å². The Hall–Kier alpha value is -2.44. The van der Waals surface area contributed by atoms with Crippen LogP contribution in [-0.2, 0) is 5.54 Å². The van der Waals surface area contributed by atoms with Gasteiger partial charge in [0.15, 0.2) is 11.6 Å². The second-order valence-electron chi connectivity index (χ2n) is 7.75. The summed E-state index contributed by atoms with van der Waals surface area (Å²) >= 11 is 0. The molecule has 1 aliphatic rings. The topological polar surface area (TPSA) is 50.2 Å². The SMILES string of the molecule is CC(C)(C)n1cc(C(=O)NC[C@H]2CCN(c3ccc(F)c(F)c3)C2)cn1. The molecule has 5 nitrogen and oxygen atoms in total. The van der Waals surface area contributed by atoms with Crippen molar-refractivity contribution in [1.82, 2.24) is 15.1 Å². The third-order valence-corrected chi connectivity index (χ3v) is 4.64. The van der Waals surface area contributed by atoms with E-state index < -0.39 is 11.6 Å². The Bertz CT molecular complexity index is 797. The van der Waals surface area contributed by atoms with Crippen LogP contribution in [0, 0.1) is 17.6 Å². The molecule has 0 spiro atoms. The highest BCUT2D eigenvalue weighted by Crippen LogP contribution is 2.25. The fourth-order valence-corrected chi connectivity index (χ4v) is 3.06. The standard InChI is InChI=1S/C19H24F2N4O/c1-19(2,3)25-12-14(10-23-25)18(26)22-9-13-6-7-24(11-13)15-4-5-16(20)17(21)8-15/h4-5,8,10,12-13H,6-7,9,11H2,1-3H3,(H,22,26)/t13-/m1/s1. The lowest BCUT2D eigenvalue weighted by atomic mass is 10.1. The number of rotatable bonds is 4. The molecule has 26 heavy (non-hydrogen) atoms. The van der Waals surface area contributed by atoms with Crippen molar-refractivity contribution in [2.24, 2.45) is 5.92 Å². The maximum Gasteiger partial charge on any atom is 0.254 e. The van der Waals surface area contributed by atoms with Gasteiger partial charge in [0.2, 0.25) is 0 Å². The lowest BCUT2D eigenvalue weighted by molar-refractivity contribution is 0.0948. The Morgan fingerprint density at radius 3 is 2.73 bits per heavy atom. The molecule has 1 atom stereocenters. The highest BCUT2D eigenvalue weighted by molar-refractivity contribution is 5.93. The van der Waals surface area contributed by atoms with Gasteiger partial charge in [0.25, 0.3) is 5.91 Å². The maximum absolute atomic E-state index is 13.4. The van der Waals surface area contributed by atoms with E-state index in [1.54, 1.807) is 23.1 Å². The minimum absolute atomic E-state index is 0.147. The van der Waals surface area contributed by atoms with Crippen LogP contribution in [0.3, 0.4) is 0 Å². The first kappa shape index (κ1) is 18.4. The summed E-state index contributed by atoms with van der Waals surface area (Å²) in [6.45, 7) is 8.06. The Morgan fingerprint density at radius 1 is 1.31 bits per heavy atom. The lowest BCUT2D eigenvalue weighted by Gasteiger charge is -2.19. The van der Waals surface area contributed by atoms with E-state index in [0.29, 0.717) is 24.3 Å². The summed E-state index contributed by atoms with van der Waals surface area (Å²) in [6, 6.07) is 3.95. The smallest absolute Gasteiger partial charge is 0.254 e. The average Bonchev–Trinajstić information content (AvgIpc) is 3.24. The highest BCUT2D eigenvalue weighted by Gasteiger charge is 2.24. The van der Waals surface area contributed by atoms with Crippen LogP contribution in [0.4, 0.5) is 14.5 Å². The molecule has 2 aromatic rings. The van der Waals surface area contributed by atoms with Crippen molar-refractivity contribution in [2.45, 2.75) is 32.7 Å². The van der Waals surface area contributed by atoms with Gasteiger partial charge in [0, 0.05) is 37.6 Å². The quantitative estimate of drug-likeness (QED) is 0.909. The minimum Gasteiger partial charge on any atom is -0.371 e. The van der Waals surface area contributed by atoms with Gasteiger partial charge in [-0.1, -0.05) is 0 Å². The fourth-order valence-electron chi connectivity index (χ4n) is 3.06. The zero-order valence-electron chi connectivity index (χ0n) is 15.3. The molecule has 1 amide bonds. The monoisotopic (exact) mass is 362 g/mol. The van der Waals surface area contributed by atoms with Crippen LogP contribution in [-0.4, -0.2) is 35.3 Å². The van der Waals surface area contributed by atoms with E-state index in [-0.39, 0.29) is 17.4 Å². The molecule has 0 aliphatic carbocycles. The molecule has 1 aromatic carbocycles. The van der Waals surface area contributed by atoms with Crippen LogP contribution >= 0.6 is 0 Å². The third-order valence-electron chi connectivity index (χ3n) is 4.64. The van der Waals surface area contributed by atoms with Gasteiger partial charge in [0.05, 0.1) is 17.3 Å². The highest BCUT2D eigenvalue weighted by atomic mass is 19.2. The summed E-state index contributed by atoms with van der Waals surface area (Å²) in [4.78, 5) is 14.3. The van der Waals surface area contributed by atoms with E-state index in [2.05, 4.69) is 10.4 Å². The number of benzene rings is 1. The van der Waals surface area contributed by atoms with Gasteiger partial charge in [-0.05, 0) is 45.2 Å². The molecule has 0 bridgehead atoms. The molecular weight excluding hydrogens is 338 g/mol. The van der Waals surface area contributed by atoms with Crippen molar-refractivity contribution in [2.75, 3.05) is 24.5 Å². The molecule has 1 saturated heterocycles. The van der Waals surface area contributed by atoms with E-state index in [4.69, 9.17) is 0 Å². The van der Waals surface area contributed by atoms with Crippen molar-refractivity contribution in [3.05, 3.63) is 47.8 Å². The van der Waals surface area contributed by atoms with Crippen LogP contribution in [0.5, 0.6) is 0 Å². The van der Waals surface area contributed by atoms with Crippen molar-refractivity contribution in [3.63, 3.8) is 0 Å². The van der Waals surface area contributed by atoms with Crippen LogP contribution in [0.1, 0.15) is 37.6 Å². The molecule has 1 aromatic heterocycles. The van der Waals surface area contributed by atoms with E-state index in [9.17, 15) is 13.6 Å². The number of nitrogens with zero attached hydrogens (tertiary/aromatic N) is 3. The van der Waals surface area contributed by atoms with Gasteiger partial charge in [-0.2, -0.15) is 5.10 Å². The van der Waals surface area contributed by atoms with E-state index >= 15 is 0 Å². The second kappa shape index (κ2) is 7.05. The molecule has 140 valence electrons. The number of amides is 1. The van der Waals surface area contributed by atoms with Crippen LogP contribution in [0.25, 0.3) is 0 Å². The predicted molar refractivity (Wildman–Crippen MR) is 96.2 cm³/mol. The van der Waals surface area contributed by atoms with Gasteiger partial charge in [-0.15, -0.1) is 0 Å². The van der Waals surface area contributed by atoms with Crippen LogP contribution in [0.15, 0.2) is 30.6 Å². The number of nitrogens with one attached hydrogen (secondary N) is 1. The normalized spacial score (nSPS) is 17.6. The fraction of sp³-hybridized carbons (Fsp3) is 0.474. The summed E-state index contributed by atoms with van der Waals surface area (Å²) in [6.07, 6.45) is 4.21. The average molecular weight is 362 g/mol. The first-order chi connectivity index (χ1) is 12.2. The summed E-state index contributed by atoms with van der Waals surface area (Å²) in [7, 11) is 0. The van der Waals surface area contributed by atoms with Crippen molar-refractivity contribution < 1.29 is 13.6 Å². The Balaban J connectivity index is 1.53. The second-order valence-corrected chi connectivity index (χ2v) is 7.75. The summed E-state index contributed by atoms with van der Waals surface area (Å²) in [5.74, 6) is -1.56.